The van der Waals surface area contributed by atoms with Gasteiger partial charge < -0.3 is 9.88 Å². The zero-order valence-electron chi connectivity index (χ0n) is 13.7. The lowest BCUT2D eigenvalue weighted by molar-refractivity contribution is -0.123. The van der Waals surface area contributed by atoms with Gasteiger partial charge in [-0.2, -0.15) is 5.26 Å². The van der Waals surface area contributed by atoms with Gasteiger partial charge in [-0.15, -0.1) is 0 Å². The van der Waals surface area contributed by atoms with Gasteiger partial charge in [-0.1, -0.05) is 0 Å². The van der Waals surface area contributed by atoms with Crippen molar-refractivity contribution in [3.05, 3.63) is 28.7 Å². The Kier molecular flexibility index (Phi) is 5.11. The minimum Gasteiger partial charge on any atom is -0.336 e. The Morgan fingerprint density at radius 1 is 1.38 bits per heavy atom. The van der Waals surface area contributed by atoms with Crippen LogP contribution in [-0.2, 0) is 21.4 Å². The maximum absolute atomic E-state index is 12.2. The van der Waals surface area contributed by atoms with E-state index in [0.717, 1.165) is 34.0 Å². The molecule has 9 heteroatoms. The summed E-state index contributed by atoms with van der Waals surface area (Å²) in [5, 5.41) is 12.0. The van der Waals surface area contributed by atoms with E-state index in [1.165, 1.54) is 20.2 Å². The third-order valence-electron chi connectivity index (χ3n) is 4.10. The van der Waals surface area contributed by atoms with Crippen molar-refractivity contribution >= 4 is 15.9 Å². The highest BCUT2D eigenvalue weighted by Gasteiger charge is 2.35. The molecule has 1 fully saturated rings. The molecule has 1 N–H and O–H groups in total. The molecule has 0 spiro atoms. The Hall–Kier alpha value is -2.18. The standard InChI is InChI=1S/C15H20N4O4S/c1-18(2)24(22,23)12-5-6-14(21)19(9-12)10-13(20)17-15(11-16)7-3-4-8-15/h5-6,9H,3-4,7-8,10H2,1-2H3,(H,17,20). The first-order valence-corrected chi connectivity index (χ1v) is 8.99. The summed E-state index contributed by atoms with van der Waals surface area (Å²) < 4.78 is 26.3. The van der Waals surface area contributed by atoms with E-state index in [4.69, 9.17) is 0 Å². The molecule has 1 amide bonds. The van der Waals surface area contributed by atoms with Crippen LogP contribution in [0.15, 0.2) is 28.0 Å². The highest BCUT2D eigenvalue weighted by Crippen LogP contribution is 2.28. The van der Waals surface area contributed by atoms with Crippen LogP contribution >= 0.6 is 0 Å². The molecule has 0 aromatic carbocycles. The number of hydrogen-bond acceptors (Lipinski definition) is 5. The van der Waals surface area contributed by atoms with E-state index >= 15 is 0 Å². The van der Waals surface area contributed by atoms with Crippen molar-refractivity contribution in [1.29, 1.82) is 5.26 Å². The molecule has 24 heavy (non-hydrogen) atoms. The lowest BCUT2D eigenvalue weighted by Crippen LogP contribution is -2.47. The third-order valence-corrected chi connectivity index (χ3v) is 5.90. The second-order valence-electron chi connectivity index (χ2n) is 6.07. The molecule has 0 saturated heterocycles. The summed E-state index contributed by atoms with van der Waals surface area (Å²) in [5.41, 5.74) is -1.37. The maximum atomic E-state index is 12.2. The molecule has 0 bridgehead atoms. The fraction of sp³-hybridized carbons (Fsp3) is 0.533. The normalized spacial score (nSPS) is 16.8. The van der Waals surface area contributed by atoms with Crippen LogP contribution in [0, 0.1) is 11.3 Å². The molecule has 1 aromatic heterocycles. The zero-order valence-corrected chi connectivity index (χ0v) is 14.5. The van der Waals surface area contributed by atoms with Gasteiger partial charge in [0.2, 0.25) is 15.9 Å². The van der Waals surface area contributed by atoms with Gasteiger partial charge in [-0.3, -0.25) is 9.59 Å². The van der Waals surface area contributed by atoms with Crippen molar-refractivity contribution in [2.45, 2.75) is 42.7 Å². The van der Waals surface area contributed by atoms with E-state index in [1.807, 2.05) is 0 Å². The number of pyridine rings is 1. The third kappa shape index (κ3) is 3.66. The van der Waals surface area contributed by atoms with Crippen LogP contribution < -0.4 is 10.9 Å². The Labute approximate surface area is 140 Å². The van der Waals surface area contributed by atoms with Crippen molar-refractivity contribution in [2.24, 2.45) is 0 Å². The fourth-order valence-corrected chi connectivity index (χ4v) is 3.62. The molecule has 1 heterocycles. The highest BCUT2D eigenvalue weighted by molar-refractivity contribution is 7.89. The summed E-state index contributed by atoms with van der Waals surface area (Å²) in [4.78, 5) is 24.0. The van der Waals surface area contributed by atoms with Gasteiger partial charge in [0.15, 0.2) is 0 Å². The predicted octanol–water partition coefficient (Wildman–Crippen LogP) is 0.0512. The van der Waals surface area contributed by atoms with Gasteiger partial charge in [0, 0.05) is 26.4 Å². The molecular weight excluding hydrogens is 332 g/mol. The molecule has 1 aliphatic rings. The molecule has 0 aliphatic heterocycles. The summed E-state index contributed by atoms with van der Waals surface area (Å²) in [6.07, 6.45) is 4.04. The van der Waals surface area contributed by atoms with E-state index in [0.29, 0.717) is 12.8 Å². The quantitative estimate of drug-likeness (QED) is 0.805. The van der Waals surface area contributed by atoms with Gasteiger partial charge in [0.1, 0.15) is 12.1 Å². The van der Waals surface area contributed by atoms with Gasteiger partial charge >= 0.3 is 0 Å². The second kappa shape index (κ2) is 6.75. The van der Waals surface area contributed by atoms with Gasteiger partial charge in [0.25, 0.3) is 5.56 Å². The SMILES string of the molecule is CN(C)S(=O)(=O)c1ccc(=O)n(CC(=O)NC2(C#N)CCCC2)c1. The summed E-state index contributed by atoms with van der Waals surface area (Å²) >= 11 is 0. The van der Waals surface area contributed by atoms with Crippen molar-refractivity contribution in [3.63, 3.8) is 0 Å². The first-order valence-electron chi connectivity index (χ1n) is 7.55. The minimum atomic E-state index is -3.70. The summed E-state index contributed by atoms with van der Waals surface area (Å²) in [7, 11) is -0.935. The molecule has 2 rings (SSSR count). The van der Waals surface area contributed by atoms with Crippen molar-refractivity contribution in [2.75, 3.05) is 14.1 Å². The predicted molar refractivity (Wildman–Crippen MR) is 86.5 cm³/mol. The largest absolute Gasteiger partial charge is 0.336 e. The molecule has 0 radical (unpaired) electrons. The lowest BCUT2D eigenvalue weighted by atomic mass is 10.00. The first-order chi connectivity index (χ1) is 11.2. The summed E-state index contributed by atoms with van der Waals surface area (Å²) in [6, 6.07) is 4.46. The number of carbonyl (C=O) groups is 1. The molecule has 1 saturated carbocycles. The average Bonchev–Trinajstić information content (AvgIpc) is 2.98. The van der Waals surface area contributed by atoms with Crippen LogP contribution in [0.1, 0.15) is 25.7 Å². The van der Waals surface area contributed by atoms with E-state index in [2.05, 4.69) is 11.4 Å². The van der Waals surface area contributed by atoms with Crippen LogP contribution in [0.25, 0.3) is 0 Å². The molecule has 1 aliphatic carbocycles. The van der Waals surface area contributed by atoms with Crippen molar-refractivity contribution < 1.29 is 13.2 Å². The molecule has 1 aromatic rings. The van der Waals surface area contributed by atoms with Crippen LogP contribution in [0.2, 0.25) is 0 Å². The Morgan fingerprint density at radius 2 is 2.00 bits per heavy atom. The van der Waals surface area contributed by atoms with Gasteiger partial charge in [0.05, 0.1) is 11.0 Å². The van der Waals surface area contributed by atoms with Crippen molar-refractivity contribution in [3.8, 4) is 6.07 Å². The van der Waals surface area contributed by atoms with Crippen LogP contribution in [0.4, 0.5) is 0 Å². The maximum Gasteiger partial charge on any atom is 0.251 e. The Bertz CT molecular complexity index is 830. The zero-order chi connectivity index (χ0) is 18.0. The molecular formula is C15H20N4O4S. The molecule has 8 nitrogen and oxygen atoms in total. The number of nitrogens with zero attached hydrogens (tertiary/aromatic N) is 3. The minimum absolute atomic E-state index is 0.0734. The Balaban J connectivity index is 2.22. The van der Waals surface area contributed by atoms with E-state index in [9.17, 15) is 23.3 Å². The highest BCUT2D eigenvalue weighted by atomic mass is 32.2. The van der Waals surface area contributed by atoms with Gasteiger partial charge in [-0.05, 0) is 31.7 Å². The van der Waals surface area contributed by atoms with Crippen LogP contribution in [0.3, 0.4) is 0 Å². The van der Waals surface area contributed by atoms with E-state index in [1.54, 1.807) is 0 Å². The van der Waals surface area contributed by atoms with E-state index in [-0.39, 0.29) is 11.4 Å². The van der Waals surface area contributed by atoms with Crippen LogP contribution in [0.5, 0.6) is 0 Å². The van der Waals surface area contributed by atoms with Crippen molar-refractivity contribution in [1.82, 2.24) is 14.2 Å². The summed E-state index contributed by atoms with van der Waals surface area (Å²) in [5.74, 6) is -0.486. The second-order valence-corrected chi connectivity index (χ2v) is 8.22. The topological polar surface area (TPSA) is 112 Å². The lowest BCUT2D eigenvalue weighted by Gasteiger charge is -2.22. The molecule has 0 atom stereocenters. The van der Waals surface area contributed by atoms with Gasteiger partial charge in [-0.25, -0.2) is 12.7 Å². The number of hydrogen-bond donors (Lipinski definition) is 1. The number of aromatic nitrogens is 1. The summed E-state index contributed by atoms with van der Waals surface area (Å²) in [6.45, 7) is -0.334. The molecule has 0 unspecified atom stereocenters. The number of rotatable bonds is 5. The van der Waals surface area contributed by atoms with Crippen LogP contribution in [-0.4, -0.2) is 42.8 Å². The average molecular weight is 352 g/mol. The smallest absolute Gasteiger partial charge is 0.251 e. The number of amides is 1. The first kappa shape index (κ1) is 18.2. The number of sulfonamides is 1. The Morgan fingerprint density at radius 3 is 2.54 bits per heavy atom. The number of nitrogens with one attached hydrogen (secondary N) is 1. The fourth-order valence-electron chi connectivity index (χ4n) is 2.70. The van der Waals surface area contributed by atoms with E-state index < -0.39 is 27.0 Å². The number of carbonyl (C=O) groups excluding carboxylic acids is 1. The number of nitriles is 1. The molecule has 130 valence electrons. The monoisotopic (exact) mass is 352 g/mol.